The summed E-state index contributed by atoms with van der Waals surface area (Å²) in [6, 6.07) is 12.0. The molecule has 0 heterocycles. The predicted octanol–water partition coefficient (Wildman–Crippen LogP) is 2.64. The van der Waals surface area contributed by atoms with Crippen molar-refractivity contribution in [2.75, 3.05) is 12.8 Å². The topological polar surface area (TPSA) is 72.5 Å². The minimum atomic E-state index is -0.971. The molecule has 0 aromatic heterocycles. The van der Waals surface area contributed by atoms with Gasteiger partial charge in [-0.05, 0) is 23.8 Å². The number of aromatic carboxylic acids is 1. The van der Waals surface area contributed by atoms with Crippen molar-refractivity contribution in [1.29, 1.82) is 0 Å². The molecule has 2 rings (SSSR count). The average Bonchev–Trinajstić information content (AvgIpc) is 2.38. The highest BCUT2D eigenvalue weighted by molar-refractivity contribution is 5.98. The summed E-state index contributed by atoms with van der Waals surface area (Å²) >= 11 is 0. The third-order valence-electron chi connectivity index (χ3n) is 2.71. The summed E-state index contributed by atoms with van der Waals surface area (Å²) in [5.74, 6) is -0.329. The maximum Gasteiger partial charge on any atom is 0.336 e. The molecule has 2 aromatic carbocycles. The molecule has 0 unspecified atom stereocenters. The van der Waals surface area contributed by atoms with Crippen molar-refractivity contribution in [3.8, 4) is 16.9 Å². The fourth-order valence-electron chi connectivity index (χ4n) is 1.82. The fraction of sp³-hybridized carbons (Fsp3) is 0.0714. The Kier molecular flexibility index (Phi) is 3.19. The molecule has 0 saturated heterocycles. The molecule has 4 heteroatoms. The molecule has 0 aliphatic rings. The highest BCUT2D eigenvalue weighted by Gasteiger charge is 2.13. The monoisotopic (exact) mass is 243 g/mol. The third kappa shape index (κ3) is 2.13. The second-order valence-corrected chi connectivity index (χ2v) is 3.80. The second kappa shape index (κ2) is 4.79. The van der Waals surface area contributed by atoms with Crippen LogP contribution in [0.15, 0.2) is 42.5 Å². The Morgan fingerprint density at radius 1 is 1.17 bits per heavy atom. The molecule has 0 saturated carbocycles. The summed E-state index contributed by atoms with van der Waals surface area (Å²) in [5, 5.41) is 9.15. The van der Waals surface area contributed by atoms with Crippen LogP contribution in [0.25, 0.3) is 11.1 Å². The first-order valence-electron chi connectivity index (χ1n) is 5.39. The summed E-state index contributed by atoms with van der Waals surface area (Å²) in [6.45, 7) is 0. The van der Waals surface area contributed by atoms with Crippen molar-refractivity contribution in [3.05, 3.63) is 48.0 Å². The third-order valence-corrected chi connectivity index (χ3v) is 2.71. The van der Waals surface area contributed by atoms with Gasteiger partial charge in [0.25, 0.3) is 0 Å². The first-order chi connectivity index (χ1) is 8.63. The molecule has 0 aliphatic heterocycles. The normalized spacial score (nSPS) is 10.1. The second-order valence-electron chi connectivity index (χ2n) is 3.80. The van der Waals surface area contributed by atoms with E-state index in [1.165, 1.54) is 0 Å². The van der Waals surface area contributed by atoms with E-state index in [1.54, 1.807) is 49.6 Å². The number of carboxylic acids is 1. The summed E-state index contributed by atoms with van der Waals surface area (Å²) in [6.07, 6.45) is 0. The van der Waals surface area contributed by atoms with Crippen LogP contribution >= 0.6 is 0 Å². The van der Waals surface area contributed by atoms with Gasteiger partial charge in [-0.3, -0.25) is 0 Å². The molecule has 0 fully saturated rings. The van der Waals surface area contributed by atoms with E-state index in [0.717, 1.165) is 0 Å². The van der Waals surface area contributed by atoms with Gasteiger partial charge in [0.2, 0.25) is 0 Å². The highest BCUT2D eigenvalue weighted by atomic mass is 16.5. The maximum absolute atomic E-state index is 11.2. The summed E-state index contributed by atoms with van der Waals surface area (Å²) in [4.78, 5) is 11.2. The maximum atomic E-state index is 11.2. The van der Waals surface area contributed by atoms with Crippen LogP contribution in [-0.4, -0.2) is 18.2 Å². The molecule has 0 atom stereocenters. The van der Waals surface area contributed by atoms with Gasteiger partial charge in [0, 0.05) is 17.3 Å². The molecule has 0 radical (unpaired) electrons. The zero-order chi connectivity index (χ0) is 13.1. The van der Waals surface area contributed by atoms with Crippen LogP contribution in [0.3, 0.4) is 0 Å². The number of rotatable bonds is 3. The highest BCUT2D eigenvalue weighted by Crippen LogP contribution is 2.31. The van der Waals surface area contributed by atoms with Gasteiger partial charge in [-0.2, -0.15) is 0 Å². The van der Waals surface area contributed by atoms with Crippen LogP contribution in [-0.2, 0) is 0 Å². The summed E-state index contributed by atoms with van der Waals surface area (Å²) in [7, 11) is 1.56. The first-order valence-corrected chi connectivity index (χ1v) is 5.39. The lowest BCUT2D eigenvalue weighted by Crippen LogP contribution is -2.01. The Hall–Kier alpha value is -2.49. The Morgan fingerprint density at radius 3 is 2.50 bits per heavy atom. The number of anilines is 1. The smallest absolute Gasteiger partial charge is 0.336 e. The molecule has 0 bridgehead atoms. The van der Waals surface area contributed by atoms with Gasteiger partial charge in [0.05, 0.1) is 12.7 Å². The number of nitrogens with two attached hydrogens (primary N) is 1. The summed E-state index contributed by atoms with van der Waals surface area (Å²) in [5.41, 5.74) is 7.94. The molecule has 0 spiro atoms. The van der Waals surface area contributed by atoms with Crippen LogP contribution in [0.1, 0.15) is 10.4 Å². The quantitative estimate of drug-likeness (QED) is 0.813. The largest absolute Gasteiger partial charge is 0.497 e. The van der Waals surface area contributed by atoms with Gasteiger partial charge >= 0.3 is 5.97 Å². The van der Waals surface area contributed by atoms with E-state index in [0.29, 0.717) is 22.6 Å². The fourth-order valence-corrected chi connectivity index (χ4v) is 1.82. The average molecular weight is 243 g/mol. The Labute approximate surface area is 105 Å². The SMILES string of the molecule is COc1ccc(-c2ccccc2C(=O)O)c(N)c1. The molecule has 0 amide bonds. The molecule has 0 aliphatic carbocycles. The number of nitrogen functional groups attached to an aromatic ring is 1. The van der Waals surface area contributed by atoms with Crippen molar-refractivity contribution in [2.45, 2.75) is 0 Å². The van der Waals surface area contributed by atoms with Crippen molar-refractivity contribution < 1.29 is 14.6 Å². The van der Waals surface area contributed by atoms with Crippen LogP contribution in [0.5, 0.6) is 5.75 Å². The van der Waals surface area contributed by atoms with E-state index in [-0.39, 0.29) is 5.56 Å². The van der Waals surface area contributed by atoms with Crippen molar-refractivity contribution >= 4 is 11.7 Å². The molecule has 18 heavy (non-hydrogen) atoms. The van der Waals surface area contributed by atoms with Gasteiger partial charge in [-0.25, -0.2) is 4.79 Å². The Bertz CT molecular complexity index is 593. The van der Waals surface area contributed by atoms with E-state index >= 15 is 0 Å². The van der Waals surface area contributed by atoms with E-state index in [4.69, 9.17) is 15.6 Å². The Morgan fingerprint density at radius 2 is 1.89 bits per heavy atom. The lowest BCUT2D eigenvalue weighted by Gasteiger charge is -2.10. The predicted molar refractivity (Wildman–Crippen MR) is 69.8 cm³/mol. The van der Waals surface area contributed by atoms with Crippen LogP contribution in [0.4, 0.5) is 5.69 Å². The van der Waals surface area contributed by atoms with Crippen molar-refractivity contribution in [2.24, 2.45) is 0 Å². The lowest BCUT2D eigenvalue weighted by molar-refractivity contribution is 0.0698. The van der Waals surface area contributed by atoms with E-state index < -0.39 is 5.97 Å². The van der Waals surface area contributed by atoms with Crippen molar-refractivity contribution in [1.82, 2.24) is 0 Å². The number of hydrogen-bond acceptors (Lipinski definition) is 3. The standard InChI is InChI=1S/C14H13NO3/c1-18-9-6-7-11(13(15)8-9)10-4-2-3-5-12(10)14(16)17/h2-8H,15H2,1H3,(H,16,17). The van der Waals surface area contributed by atoms with E-state index in [2.05, 4.69) is 0 Å². The number of benzene rings is 2. The van der Waals surface area contributed by atoms with Gasteiger partial charge in [-0.1, -0.05) is 18.2 Å². The van der Waals surface area contributed by atoms with Crippen molar-refractivity contribution in [3.63, 3.8) is 0 Å². The molecule has 2 aromatic rings. The summed E-state index contributed by atoms with van der Waals surface area (Å²) < 4.78 is 5.07. The van der Waals surface area contributed by atoms with E-state index in [9.17, 15) is 4.79 Å². The lowest BCUT2D eigenvalue weighted by atomic mass is 9.98. The first kappa shape index (κ1) is 12.0. The van der Waals surface area contributed by atoms with Gasteiger partial charge < -0.3 is 15.6 Å². The van der Waals surface area contributed by atoms with Crippen LogP contribution in [0, 0.1) is 0 Å². The van der Waals surface area contributed by atoms with Gasteiger partial charge in [-0.15, -0.1) is 0 Å². The molecule has 3 N–H and O–H groups in total. The minimum absolute atomic E-state index is 0.231. The zero-order valence-electron chi connectivity index (χ0n) is 9.88. The van der Waals surface area contributed by atoms with Crippen LogP contribution < -0.4 is 10.5 Å². The molecule has 92 valence electrons. The van der Waals surface area contributed by atoms with Gasteiger partial charge in [0.15, 0.2) is 0 Å². The van der Waals surface area contributed by atoms with Crippen LogP contribution in [0.2, 0.25) is 0 Å². The molecular formula is C14H13NO3. The van der Waals surface area contributed by atoms with Gasteiger partial charge in [0.1, 0.15) is 5.75 Å². The number of ether oxygens (including phenoxy) is 1. The number of hydrogen-bond donors (Lipinski definition) is 2. The number of carbonyl (C=O) groups is 1. The number of methoxy groups -OCH3 is 1. The van der Waals surface area contributed by atoms with E-state index in [1.807, 2.05) is 0 Å². The molecule has 4 nitrogen and oxygen atoms in total. The molecular weight excluding hydrogens is 230 g/mol. The Balaban J connectivity index is 2.59. The minimum Gasteiger partial charge on any atom is -0.497 e. The zero-order valence-corrected chi connectivity index (χ0v) is 9.88. The number of carboxylic acid groups (broad SMARTS) is 1.